The predicted octanol–water partition coefficient (Wildman–Crippen LogP) is 4.64. The average Bonchev–Trinajstić information content (AvgIpc) is 3.14. The molecule has 1 N–H and O–H groups in total. The number of ketones is 1. The molecule has 1 amide bonds. The monoisotopic (exact) mass is 390 g/mol. The highest BCUT2D eigenvalue weighted by Crippen LogP contribution is 2.30. The van der Waals surface area contributed by atoms with Crippen molar-refractivity contribution in [3.05, 3.63) is 60.4 Å². The number of Topliss-reactive ketones (excluding diaryl/α,β-unsaturated/α-hetero) is 1. The van der Waals surface area contributed by atoms with E-state index in [0.717, 1.165) is 48.1 Å². The predicted molar refractivity (Wildman–Crippen MR) is 113 cm³/mol. The van der Waals surface area contributed by atoms with Gasteiger partial charge in [-0.15, -0.1) is 0 Å². The lowest BCUT2D eigenvalue weighted by Crippen LogP contribution is -2.40. The molecule has 5 nitrogen and oxygen atoms in total. The summed E-state index contributed by atoms with van der Waals surface area (Å²) in [7, 11) is 0. The number of carbonyl (C=O) groups is 2. The molecule has 150 valence electrons. The van der Waals surface area contributed by atoms with Crippen LogP contribution in [0.5, 0.6) is 5.75 Å². The molecule has 0 unspecified atom stereocenters. The molecule has 0 aliphatic heterocycles. The smallest absolute Gasteiger partial charge is 0.294 e. The molecule has 0 atom stereocenters. The lowest BCUT2D eigenvalue weighted by molar-refractivity contribution is -0.117. The molecule has 0 radical (unpaired) electrons. The van der Waals surface area contributed by atoms with Gasteiger partial charge in [-0.3, -0.25) is 9.59 Å². The minimum atomic E-state index is -0.520. The van der Waals surface area contributed by atoms with E-state index in [0.29, 0.717) is 12.3 Å². The van der Waals surface area contributed by atoms with Gasteiger partial charge >= 0.3 is 0 Å². The van der Waals surface area contributed by atoms with E-state index in [-0.39, 0.29) is 6.04 Å². The standard InChI is InChI=1S/C24H26N2O3/c1-2-29-20-13-11-17(12-14-20)21-16-19-10-6-7-15-26(19)22(21)23(27)24(28)25-18-8-4-3-5-9-18/h6-7,10-16,18H,2-5,8-9H2,1H3,(H,25,28). The van der Waals surface area contributed by atoms with Crippen LogP contribution in [-0.2, 0) is 4.79 Å². The van der Waals surface area contributed by atoms with Crippen LogP contribution in [0.4, 0.5) is 0 Å². The zero-order valence-corrected chi connectivity index (χ0v) is 16.7. The highest BCUT2D eigenvalue weighted by molar-refractivity contribution is 6.43. The third-order valence-corrected chi connectivity index (χ3v) is 5.52. The summed E-state index contributed by atoms with van der Waals surface area (Å²) in [5, 5.41) is 2.95. The average molecular weight is 390 g/mol. The first kappa shape index (κ1) is 19.2. The van der Waals surface area contributed by atoms with Gasteiger partial charge in [0.05, 0.1) is 6.61 Å². The fraction of sp³-hybridized carbons (Fsp3) is 0.333. The molecule has 4 rings (SSSR count). The number of hydrogen-bond acceptors (Lipinski definition) is 3. The van der Waals surface area contributed by atoms with Crippen LogP contribution in [0.2, 0.25) is 0 Å². The second-order valence-electron chi connectivity index (χ2n) is 7.50. The summed E-state index contributed by atoms with van der Waals surface area (Å²) in [4.78, 5) is 26.0. The highest BCUT2D eigenvalue weighted by atomic mass is 16.5. The second kappa shape index (κ2) is 8.52. The van der Waals surface area contributed by atoms with Crippen molar-refractivity contribution in [3.8, 4) is 16.9 Å². The molecule has 2 aromatic heterocycles. The third kappa shape index (κ3) is 4.04. The van der Waals surface area contributed by atoms with Crippen molar-refractivity contribution in [3.63, 3.8) is 0 Å². The molecule has 0 spiro atoms. The van der Waals surface area contributed by atoms with Gasteiger partial charge in [-0.05, 0) is 55.7 Å². The number of pyridine rings is 1. The van der Waals surface area contributed by atoms with Crippen molar-refractivity contribution in [2.45, 2.75) is 45.1 Å². The Bertz CT molecular complexity index is 1010. The first-order valence-corrected chi connectivity index (χ1v) is 10.4. The van der Waals surface area contributed by atoms with Crippen LogP contribution in [0.15, 0.2) is 54.7 Å². The summed E-state index contributed by atoms with van der Waals surface area (Å²) in [6.07, 6.45) is 7.12. The van der Waals surface area contributed by atoms with E-state index in [1.165, 1.54) is 6.42 Å². The van der Waals surface area contributed by atoms with E-state index in [1.54, 1.807) is 4.40 Å². The Balaban J connectivity index is 1.69. The maximum Gasteiger partial charge on any atom is 0.294 e. The fourth-order valence-corrected chi connectivity index (χ4v) is 4.08. The largest absolute Gasteiger partial charge is 0.494 e. The van der Waals surface area contributed by atoms with E-state index < -0.39 is 11.7 Å². The number of carbonyl (C=O) groups excluding carboxylic acids is 2. The van der Waals surface area contributed by atoms with Crippen LogP contribution >= 0.6 is 0 Å². The van der Waals surface area contributed by atoms with Gasteiger partial charge in [-0.25, -0.2) is 0 Å². The van der Waals surface area contributed by atoms with Crippen LogP contribution in [-0.4, -0.2) is 28.7 Å². The number of amides is 1. The quantitative estimate of drug-likeness (QED) is 0.493. The van der Waals surface area contributed by atoms with Crippen LogP contribution in [0.25, 0.3) is 16.6 Å². The zero-order valence-electron chi connectivity index (χ0n) is 16.7. The van der Waals surface area contributed by atoms with Gasteiger partial charge < -0.3 is 14.5 Å². The van der Waals surface area contributed by atoms with Crippen molar-refractivity contribution >= 4 is 17.2 Å². The summed E-state index contributed by atoms with van der Waals surface area (Å²) in [5.41, 5.74) is 2.91. The second-order valence-corrected chi connectivity index (χ2v) is 7.50. The van der Waals surface area contributed by atoms with Crippen molar-refractivity contribution in [1.82, 2.24) is 9.72 Å². The van der Waals surface area contributed by atoms with Crippen molar-refractivity contribution in [2.75, 3.05) is 6.61 Å². The van der Waals surface area contributed by atoms with E-state index in [4.69, 9.17) is 4.74 Å². The van der Waals surface area contributed by atoms with Crippen molar-refractivity contribution in [1.29, 1.82) is 0 Å². The van der Waals surface area contributed by atoms with Gasteiger partial charge in [-0.2, -0.15) is 0 Å². The topological polar surface area (TPSA) is 59.8 Å². The first-order chi connectivity index (χ1) is 14.2. The Labute approximate surface area is 170 Å². The summed E-state index contributed by atoms with van der Waals surface area (Å²) >= 11 is 0. The Morgan fingerprint density at radius 2 is 1.83 bits per heavy atom. The molecule has 3 aromatic rings. The summed E-state index contributed by atoms with van der Waals surface area (Å²) in [6, 6.07) is 15.4. The van der Waals surface area contributed by atoms with Crippen LogP contribution < -0.4 is 10.1 Å². The van der Waals surface area contributed by atoms with Crippen LogP contribution in [0, 0.1) is 0 Å². The lowest BCUT2D eigenvalue weighted by Gasteiger charge is -2.22. The number of hydrogen-bond donors (Lipinski definition) is 1. The molecule has 1 fully saturated rings. The molecule has 1 aliphatic carbocycles. The number of aromatic nitrogens is 1. The van der Waals surface area contributed by atoms with Crippen LogP contribution in [0.3, 0.4) is 0 Å². The van der Waals surface area contributed by atoms with Gasteiger partial charge in [0.1, 0.15) is 11.4 Å². The molecule has 29 heavy (non-hydrogen) atoms. The number of nitrogens with one attached hydrogen (secondary N) is 1. The first-order valence-electron chi connectivity index (χ1n) is 10.4. The maximum atomic E-state index is 13.2. The molecular formula is C24H26N2O3. The minimum absolute atomic E-state index is 0.0975. The Hall–Kier alpha value is -3.08. The SMILES string of the molecule is CCOc1ccc(-c2cc3ccccn3c2C(=O)C(=O)NC2CCCCC2)cc1. The molecule has 2 heterocycles. The molecule has 1 saturated carbocycles. The Morgan fingerprint density at radius 1 is 1.07 bits per heavy atom. The molecule has 0 bridgehead atoms. The van der Waals surface area contributed by atoms with Gasteiger partial charge in [0, 0.05) is 23.3 Å². The summed E-state index contributed by atoms with van der Waals surface area (Å²) < 4.78 is 7.32. The molecular weight excluding hydrogens is 364 g/mol. The molecule has 5 heteroatoms. The Morgan fingerprint density at radius 3 is 2.55 bits per heavy atom. The number of nitrogens with zero attached hydrogens (tertiary/aromatic N) is 1. The number of fused-ring (bicyclic) bond motifs is 1. The molecule has 1 aromatic carbocycles. The van der Waals surface area contributed by atoms with Crippen molar-refractivity contribution in [2.24, 2.45) is 0 Å². The number of ether oxygens (including phenoxy) is 1. The minimum Gasteiger partial charge on any atom is -0.494 e. The lowest BCUT2D eigenvalue weighted by atomic mass is 9.95. The van der Waals surface area contributed by atoms with Gasteiger partial charge in [-0.1, -0.05) is 37.5 Å². The summed E-state index contributed by atoms with van der Waals surface area (Å²) in [6.45, 7) is 2.54. The normalized spacial score (nSPS) is 14.7. The molecule has 0 saturated heterocycles. The highest BCUT2D eigenvalue weighted by Gasteiger charge is 2.27. The van der Waals surface area contributed by atoms with E-state index in [9.17, 15) is 9.59 Å². The molecule has 1 aliphatic rings. The fourth-order valence-electron chi connectivity index (χ4n) is 4.08. The van der Waals surface area contributed by atoms with Crippen molar-refractivity contribution < 1.29 is 14.3 Å². The Kier molecular flexibility index (Phi) is 5.65. The van der Waals surface area contributed by atoms with E-state index in [2.05, 4.69) is 5.32 Å². The van der Waals surface area contributed by atoms with Crippen LogP contribution in [0.1, 0.15) is 49.5 Å². The van der Waals surface area contributed by atoms with E-state index >= 15 is 0 Å². The van der Waals surface area contributed by atoms with Gasteiger partial charge in [0.2, 0.25) is 0 Å². The van der Waals surface area contributed by atoms with Gasteiger partial charge in [0.25, 0.3) is 11.7 Å². The van der Waals surface area contributed by atoms with E-state index in [1.807, 2.05) is 61.7 Å². The zero-order chi connectivity index (χ0) is 20.2. The number of rotatable bonds is 6. The summed E-state index contributed by atoms with van der Waals surface area (Å²) in [5.74, 6) is -0.235. The third-order valence-electron chi connectivity index (χ3n) is 5.52. The number of benzene rings is 1. The maximum absolute atomic E-state index is 13.2. The van der Waals surface area contributed by atoms with Gasteiger partial charge in [0.15, 0.2) is 0 Å².